The van der Waals surface area contributed by atoms with Gasteiger partial charge in [0, 0.05) is 5.75 Å². The van der Waals surface area contributed by atoms with Crippen LogP contribution in [0.5, 0.6) is 5.75 Å². The minimum absolute atomic E-state index is 0.190. The minimum Gasteiger partial charge on any atom is -0.508 e. The van der Waals surface area contributed by atoms with Crippen LogP contribution >= 0.6 is 34.9 Å². The highest BCUT2D eigenvalue weighted by Gasteiger charge is 2.09. The van der Waals surface area contributed by atoms with E-state index in [1.165, 1.54) is 34.2 Å². The second-order valence-corrected chi connectivity index (χ2v) is 9.60. The number of carbonyl (C=O) groups is 1. The van der Waals surface area contributed by atoms with E-state index in [0.29, 0.717) is 5.71 Å². The summed E-state index contributed by atoms with van der Waals surface area (Å²) >= 11 is 4.46. The van der Waals surface area contributed by atoms with E-state index in [2.05, 4.69) is 51.9 Å². The Morgan fingerprint density at radius 1 is 1.07 bits per heavy atom. The van der Waals surface area contributed by atoms with E-state index in [9.17, 15) is 9.90 Å². The molecule has 3 aromatic rings. The van der Waals surface area contributed by atoms with Crippen molar-refractivity contribution in [3.8, 4) is 5.75 Å². The maximum absolute atomic E-state index is 12.0. The summed E-state index contributed by atoms with van der Waals surface area (Å²) in [5.74, 6) is 1.03. The Morgan fingerprint density at radius 2 is 1.72 bits per heavy atom. The van der Waals surface area contributed by atoms with Gasteiger partial charge in [0.25, 0.3) is 5.91 Å². The zero-order valence-electron chi connectivity index (χ0n) is 16.0. The summed E-state index contributed by atoms with van der Waals surface area (Å²) in [5.41, 5.74) is 6.52. The van der Waals surface area contributed by atoms with Gasteiger partial charge in [-0.1, -0.05) is 64.7 Å². The smallest absolute Gasteiger partial charge is 0.250 e. The number of nitrogens with zero attached hydrogens (tertiary/aromatic N) is 3. The normalized spacial score (nSPS) is 11.4. The van der Waals surface area contributed by atoms with Crippen LogP contribution in [0.2, 0.25) is 0 Å². The molecule has 2 aromatic carbocycles. The molecule has 0 aliphatic carbocycles. The topological polar surface area (TPSA) is 87.5 Å². The Morgan fingerprint density at radius 3 is 2.41 bits per heavy atom. The standard InChI is InChI=1S/C20H20N4O2S3/c1-13-3-5-15(6-4-13)11-27-19-23-24-20(29-19)28-12-18(26)22-21-14(2)16-7-9-17(25)10-8-16/h3-10,25H,11-12H2,1-2H3,(H,22,26)/b21-14-. The maximum atomic E-state index is 12.0. The molecule has 3 rings (SSSR count). The van der Waals surface area contributed by atoms with Crippen molar-refractivity contribution < 1.29 is 9.90 Å². The molecule has 6 nitrogen and oxygen atoms in total. The van der Waals surface area contributed by atoms with Gasteiger partial charge in [0.2, 0.25) is 0 Å². The summed E-state index contributed by atoms with van der Waals surface area (Å²) in [6.45, 7) is 3.86. The molecular formula is C20H20N4O2S3. The first-order valence-electron chi connectivity index (χ1n) is 8.77. The number of phenolic OH excluding ortho intramolecular Hbond substituents is 1. The van der Waals surface area contributed by atoms with Gasteiger partial charge in [0.1, 0.15) is 5.75 Å². The number of phenols is 1. The van der Waals surface area contributed by atoms with E-state index in [1.54, 1.807) is 43.0 Å². The summed E-state index contributed by atoms with van der Waals surface area (Å²) in [4.78, 5) is 12.0. The Hall–Kier alpha value is -2.36. The van der Waals surface area contributed by atoms with E-state index >= 15 is 0 Å². The Balaban J connectivity index is 1.43. The number of thioether (sulfide) groups is 2. The molecule has 0 aliphatic heterocycles. The van der Waals surface area contributed by atoms with Gasteiger partial charge in [-0.3, -0.25) is 4.79 Å². The van der Waals surface area contributed by atoms with Crippen LogP contribution in [0.4, 0.5) is 0 Å². The van der Waals surface area contributed by atoms with Crippen LogP contribution in [-0.2, 0) is 10.5 Å². The molecule has 0 spiro atoms. The zero-order valence-corrected chi connectivity index (χ0v) is 18.4. The highest BCUT2D eigenvalue weighted by molar-refractivity contribution is 8.03. The fraction of sp³-hybridized carbons (Fsp3) is 0.200. The number of nitrogens with one attached hydrogen (secondary N) is 1. The summed E-state index contributed by atoms with van der Waals surface area (Å²) < 4.78 is 1.64. The number of aromatic nitrogens is 2. The molecule has 0 fully saturated rings. The molecule has 1 amide bonds. The van der Waals surface area contributed by atoms with Crippen LogP contribution in [0.25, 0.3) is 0 Å². The number of hydrazone groups is 1. The van der Waals surface area contributed by atoms with Gasteiger partial charge in [-0.15, -0.1) is 10.2 Å². The van der Waals surface area contributed by atoms with E-state index in [-0.39, 0.29) is 17.4 Å². The summed E-state index contributed by atoms with van der Waals surface area (Å²) in [5, 5.41) is 21.7. The Labute approximate surface area is 181 Å². The monoisotopic (exact) mass is 444 g/mol. The summed E-state index contributed by atoms with van der Waals surface area (Å²) in [6, 6.07) is 15.1. The van der Waals surface area contributed by atoms with Gasteiger partial charge in [0.05, 0.1) is 11.5 Å². The lowest BCUT2D eigenvalue weighted by Crippen LogP contribution is -2.21. The van der Waals surface area contributed by atoms with E-state index in [1.807, 2.05) is 0 Å². The van der Waals surface area contributed by atoms with Gasteiger partial charge in [-0.25, -0.2) is 5.43 Å². The maximum Gasteiger partial charge on any atom is 0.250 e. The first-order valence-corrected chi connectivity index (χ1v) is 11.6. The average molecular weight is 445 g/mol. The van der Waals surface area contributed by atoms with Crippen LogP contribution in [0.15, 0.2) is 62.3 Å². The largest absolute Gasteiger partial charge is 0.508 e. The predicted octanol–water partition coefficient (Wildman–Crippen LogP) is 4.48. The molecule has 0 radical (unpaired) electrons. The van der Waals surface area contributed by atoms with Gasteiger partial charge in [-0.05, 0) is 49.2 Å². The fourth-order valence-electron chi connectivity index (χ4n) is 2.22. The van der Waals surface area contributed by atoms with E-state index in [4.69, 9.17) is 0 Å². The number of aromatic hydroxyl groups is 1. The molecule has 0 saturated carbocycles. The third-order valence-electron chi connectivity index (χ3n) is 3.83. The number of hydrogen-bond donors (Lipinski definition) is 2. The highest BCUT2D eigenvalue weighted by atomic mass is 32.2. The summed E-state index contributed by atoms with van der Waals surface area (Å²) in [6.07, 6.45) is 0. The predicted molar refractivity (Wildman–Crippen MR) is 120 cm³/mol. The van der Waals surface area contributed by atoms with Crippen molar-refractivity contribution in [3.63, 3.8) is 0 Å². The zero-order chi connectivity index (χ0) is 20.6. The fourth-order valence-corrected chi connectivity index (χ4v) is 4.98. The second kappa shape index (κ2) is 10.4. The molecule has 0 unspecified atom stereocenters. The number of hydrogen-bond acceptors (Lipinski definition) is 8. The van der Waals surface area contributed by atoms with Crippen molar-refractivity contribution in [2.75, 3.05) is 5.75 Å². The summed E-state index contributed by atoms with van der Waals surface area (Å²) in [7, 11) is 0. The molecule has 0 bridgehead atoms. The molecule has 2 N–H and O–H groups in total. The first-order chi connectivity index (χ1) is 14.0. The number of carbonyl (C=O) groups excluding carboxylic acids is 1. The van der Waals surface area contributed by atoms with Crippen LogP contribution in [0.3, 0.4) is 0 Å². The average Bonchev–Trinajstić information content (AvgIpc) is 3.18. The van der Waals surface area contributed by atoms with Gasteiger partial charge >= 0.3 is 0 Å². The molecule has 1 aromatic heterocycles. The van der Waals surface area contributed by atoms with Crippen molar-refractivity contribution in [3.05, 3.63) is 65.2 Å². The lowest BCUT2D eigenvalue weighted by atomic mass is 10.1. The molecule has 0 atom stereocenters. The molecule has 150 valence electrons. The molecule has 9 heteroatoms. The first kappa shape index (κ1) is 21.4. The van der Waals surface area contributed by atoms with Crippen LogP contribution in [-0.4, -0.2) is 32.7 Å². The van der Waals surface area contributed by atoms with Crippen LogP contribution in [0, 0.1) is 6.92 Å². The SMILES string of the molecule is C/C(=N/NC(=O)CSc1nnc(SCc2ccc(C)cc2)s1)c1ccc(O)cc1. The van der Waals surface area contributed by atoms with E-state index < -0.39 is 0 Å². The third kappa shape index (κ3) is 6.88. The van der Waals surface area contributed by atoms with Crippen molar-refractivity contribution in [1.29, 1.82) is 0 Å². The lowest BCUT2D eigenvalue weighted by Gasteiger charge is -2.02. The number of amides is 1. The quantitative estimate of drug-likeness (QED) is 0.303. The van der Waals surface area contributed by atoms with Crippen molar-refractivity contribution in [2.45, 2.75) is 28.3 Å². The third-order valence-corrected chi connectivity index (χ3v) is 7.09. The number of benzene rings is 2. The molecule has 1 heterocycles. The van der Waals surface area contributed by atoms with Crippen LogP contribution < -0.4 is 5.43 Å². The van der Waals surface area contributed by atoms with Crippen molar-refractivity contribution in [1.82, 2.24) is 15.6 Å². The molecule has 29 heavy (non-hydrogen) atoms. The minimum atomic E-state index is -0.211. The van der Waals surface area contributed by atoms with Crippen molar-refractivity contribution >= 4 is 46.5 Å². The highest BCUT2D eigenvalue weighted by Crippen LogP contribution is 2.30. The Bertz CT molecular complexity index is 986. The number of rotatable bonds is 8. The Kier molecular flexibility index (Phi) is 7.68. The molecule has 0 aliphatic rings. The van der Waals surface area contributed by atoms with Gasteiger partial charge < -0.3 is 5.11 Å². The van der Waals surface area contributed by atoms with Crippen LogP contribution in [0.1, 0.15) is 23.6 Å². The van der Waals surface area contributed by atoms with Crippen molar-refractivity contribution in [2.24, 2.45) is 5.10 Å². The van der Waals surface area contributed by atoms with Gasteiger partial charge in [-0.2, -0.15) is 5.10 Å². The lowest BCUT2D eigenvalue weighted by molar-refractivity contribution is -0.118. The van der Waals surface area contributed by atoms with Gasteiger partial charge in [0.15, 0.2) is 8.68 Å². The number of aryl methyl sites for hydroxylation is 1. The second-order valence-electron chi connectivity index (χ2n) is 6.18. The molecule has 0 saturated heterocycles. The molecular weight excluding hydrogens is 424 g/mol. The van der Waals surface area contributed by atoms with E-state index in [0.717, 1.165) is 20.0 Å².